The lowest BCUT2D eigenvalue weighted by atomic mass is 9.98. The summed E-state index contributed by atoms with van der Waals surface area (Å²) in [7, 11) is 1.58. The van der Waals surface area contributed by atoms with E-state index < -0.39 is 11.9 Å². The zero-order valence-corrected chi connectivity index (χ0v) is 18.0. The predicted molar refractivity (Wildman–Crippen MR) is 120 cm³/mol. The summed E-state index contributed by atoms with van der Waals surface area (Å²) in [5.41, 5.74) is 9.78. The lowest BCUT2D eigenvalue weighted by Crippen LogP contribution is -2.37. The number of nitrogens with zero attached hydrogens (tertiary/aromatic N) is 2. The number of pyridine rings is 1. The van der Waals surface area contributed by atoms with Crippen LogP contribution in [0.4, 0.5) is 0 Å². The molecule has 0 saturated heterocycles. The summed E-state index contributed by atoms with van der Waals surface area (Å²) in [6.07, 6.45) is 3.20. The first-order chi connectivity index (χ1) is 14.9. The number of nitrogens with two attached hydrogens (primary N) is 1. The summed E-state index contributed by atoms with van der Waals surface area (Å²) in [4.78, 5) is 31.5. The molecule has 3 aromatic rings. The number of methoxy groups -OCH3 is 1. The van der Waals surface area contributed by atoms with Crippen molar-refractivity contribution in [2.45, 2.75) is 32.9 Å². The van der Waals surface area contributed by atoms with Gasteiger partial charge in [0.25, 0.3) is 5.91 Å². The molecule has 0 radical (unpaired) electrons. The Hall–Kier alpha value is -3.67. The van der Waals surface area contributed by atoms with Gasteiger partial charge in [-0.2, -0.15) is 0 Å². The molecule has 160 valence electrons. The average molecular weight is 418 g/mol. The molecular weight excluding hydrogens is 390 g/mol. The molecule has 0 spiro atoms. The van der Waals surface area contributed by atoms with Crippen molar-refractivity contribution in [3.8, 4) is 5.75 Å². The van der Waals surface area contributed by atoms with Crippen LogP contribution in [0.2, 0.25) is 0 Å². The molecule has 6 nitrogen and oxygen atoms in total. The Bertz CT molecular complexity index is 1060. The Morgan fingerprint density at radius 3 is 2.48 bits per heavy atom. The SMILES string of the molecule is COc1cccc(C(CC(N)=O)N(Cc2ccc(C)cc2)C(=O)c2cnccc2C)c1. The van der Waals surface area contributed by atoms with Gasteiger partial charge in [-0.3, -0.25) is 14.6 Å². The molecule has 6 heteroatoms. The van der Waals surface area contributed by atoms with E-state index in [1.165, 1.54) is 0 Å². The second-order valence-corrected chi connectivity index (χ2v) is 7.57. The maximum atomic E-state index is 13.7. The quantitative estimate of drug-likeness (QED) is 0.601. The number of hydrogen-bond acceptors (Lipinski definition) is 4. The molecule has 1 unspecified atom stereocenters. The molecule has 31 heavy (non-hydrogen) atoms. The van der Waals surface area contributed by atoms with E-state index in [1.54, 1.807) is 30.5 Å². The minimum Gasteiger partial charge on any atom is -0.497 e. The van der Waals surface area contributed by atoms with E-state index >= 15 is 0 Å². The topological polar surface area (TPSA) is 85.5 Å². The third kappa shape index (κ3) is 5.48. The van der Waals surface area contributed by atoms with E-state index in [0.717, 1.165) is 22.3 Å². The van der Waals surface area contributed by atoms with E-state index in [2.05, 4.69) is 4.98 Å². The minimum absolute atomic E-state index is 0.00984. The number of aryl methyl sites for hydroxylation is 2. The van der Waals surface area contributed by atoms with Crippen molar-refractivity contribution < 1.29 is 14.3 Å². The summed E-state index contributed by atoms with van der Waals surface area (Å²) < 4.78 is 5.36. The number of primary amides is 1. The fourth-order valence-corrected chi connectivity index (χ4v) is 3.50. The number of aromatic nitrogens is 1. The first-order valence-electron chi connectivity index (χ1n) is 10.1. The Morgan fingerprint density at radius 1 is 1.10 bits per heavy atom. The molecule has 2 aromatic carbocycles. The number of ether oxygens (including phenoxy) is 1. The van der Waals surface area contributed by atoms with Gasteiger partial charge in [-0.25, -0.2) is 0 Å². The fourth-order valence-electron chi connectivity index (χ4n) is 3.50. The van der Waals surface area contributed by atoms with Crippen LogP contribution in [0.3, 0.4) is 0 Å². The lowest BCUT2D eigenvalue weighted by molar-refractivity contribution is -0.119. The van der Waals surface area contributed by atoms with Crippen LogP contribution in [0.25, 0.3) is 0 Å². The van der Waals surface area contributed by atoms with E-state index in [1.807, 2.05) is 62.4 Å². The molecule has 0 saturated carbocycles. The third-order valence-electron chi connectivity index (χ3n) is 5.25. The van der Waals surface area contributed by atoms with Crippen LogP contribution in [-0.2, 0) is 11.3 Å². The summed E-state index contributed by atoms with van der Waals surface area (Å²) in [6.45, 7) is 4.20. The summed E-state index contributed by atoms with van der Waals surface area (Å²) >= 11 is 0. The first-order valence-corrected chi connectivity index (χ1v) is 10.1. The van der Waals surface area contributed by atoms with Gasteiger partial charge in [-0.1, -0.05) is 42.0 Å². The van der Waals surface area contributed by atoms with E-state index in [0.29, 0.717) is 17.9 Å². The Morgan fingerprint density at radius 2 is 1.84 bits per heavy atom. The van der Waals surface area contributed by atoms with Crippen molar-refractivity contribution in [2.24, 2.45) is 5.73 Å². The van der Waals surface area contributed by atoms with Crippen molar-refractivity contribution in [1.82, 2.24) is 9.88 Å². The molecule has 0 bridgehead atoms. The summed E-state index contributed by atoms with van der Waals surface area (Å²) in [5.74, 6) is -0.0510. The van der Waals surface area contributed by atoms with Gasteiger partial charge in [-0.15, -0.1) is 0 Å². The van der Waals surface area contributed by atoms with Gasteiger partial charge in [0.1, 0.15) is 5.75 Å². The van der Waals surface area contributed by atoms with E-state index in [9.17, 15) is 9.59 Å². The minimum atomic E-state index is -0.555. The van der Waals surface area contributed by atoms with Crippen LogP contribution >= 0.6 is 0 Å². The average Bonchev–Trinajstić information content (AvgIpc) is 2.77. The largest absolute Gasteiger partial charge is 0.497 e. The van der Waals surface area contributed by atoms with Gasteiger partial charge in [0.05, 0.1) is 25.1 Å². The third-order valence-corrected chi connectivity index (χ3v) is 5.25. The molecule has 1 aromatic heterocycles. The van der Waals surface area contributed by atoms with Gasteiger partial charge in [0.2, 0.25) is 5.91 Å². The van der Waals surface area contributed by atoms with Crippen LogP contribution < -0.4 is 10.5 Å². The molecule has 3 rings (SSSR count). The van der Waals surface area contributed by atoms with Crippen LogP contribution in [0, 0.1) is 13.8 Å². The highest BCUT2D eigenvalue weighted by atomic mass is 16.5. The highest BCUT2D eigenvalue weighted by Gasteiger charge is 2.29. The van der Waals surface area contributed by atoms with Crippen molar-refractivity contribution in [3.63, 3.8) is 0 Å². The Balaban J connectivity index is 2.09. The van der Waals surface area contributed by atoms with Gasteiger partial charge >= 0.3 is 0 Å². The molecule has 1 atom stereocenters. The number of rotatable bonds is 8. The smallest absolute Gasteiger partial charge is 0.256 e. The number of carbonyl (C=O) groups is 2. The second-order valence-electron chi connectivity index (χ2n) is 7.57. The zero-order chi connectivity index (χ0) is 22.4. The first kappa shape index (κ1) is 22.0. The van der Waals surface area contributed by atoms with Crippen LogP contribution in [0.1, 0.15) is 45.1 Å². The van der Waals surface area contributed by atoms with Gasteiger partial charge in [0.15, 0.2) is 0 Å². The molecule has 1 heterocycles. The van der Waals surface area contributed by atoms with E-state index in [-0.39, 0.29) is 12.3 Å². The monoisotopic (exact) mass is 417 g/mol. The second kappa shape index (κ2) is 9.89. The maximum absolute atomic E-state index is 13.7. The molecule has 0 aliphatic heterocycles. The number of hydrogen-bond donors (Lipinski definition) is 1. The highest BCUT2D eigenvalue weighted by molar-refractivity contribution is 5.96. The van der Waals surface area contributed by atoms with Crippen molar-refractivity contribution in [1.29, 1.82) is 0 Å². The highest BCUT2D eigenvalue weighted by Crippen LogP contribution is 2.30. The van der Waals surface area contributed by atoms with Crippen molar-refractivity contribution in [2.75, 3.05) is 7.11 Å². The van der Waals surface area contributed by atoms with Crippen molar-refractivity contribution in [3.05, 3.63) is 94.8 Å². The summed E-state index contributed by atoms with van der Waals surface area (Å²) in [5, 5.41) is 0. The van der Waals surface area contributed by atoms with E-state index in [4.69, 9.17) is 10.5 Å². The zero-order valence-electron chi connectivity index (χ0n) is 18.0. The molecule has 0 aliphatic rings. The molecule has 0 fully saturated rings. The van der Waals surface area contributed by atoms with Crippen LogP contribution in [0.5, 0.6) is 5.75 Å². The normalized spacial score (nSPS) is 11.6. The molecule has 2 amide bonds. The van der Waals surface area contributed by atoms with Gasteiger partial charge < -0.3 is 15.4 Å². The maximum Gasteiger partial charge on any atom is 0.256 e. The summed E-state index contributed by atoms with van der Waals surface area (Å²) in [6, 6.07) is 16.6. The number of amides is 2. The Kier molecular flexibility index (Phi) is 7.03. The van der Waals surface area contributed by atoms with Gasteiger partial charge in [0, 0.05) is 18.9 Å². The van der Waals surface area contributed by atoms with Crippen molar-refractivity contribution >= 4 is 11.8 Å². The molecule has 2 N–H and O–H groups in total. The Labute approximate surface area is 182 Å². The van der Waals surface area contributed by atoms with Crippen LogP contribution in [-0.4, -0.2) is 28.8 Å². The van der Waals surface area contributed by atoms with Crippen LogP contribution in [0.15, 0.2) is 67.0 Å². The number of carbonyl (C=O) groups excluding carboxylic acids is 2. The lowest BCUT2D eigenvalue weighted by Gasteiger charge is -2.32. The molecular formula is C25H27N3O3. The molecule has 0 aliphatic carbocycles. The number of benzene rings is 2. The fraction of sp³-hybridized carbons (Fsp3) is 0.240. The standard InChI is InChI=1S/C25H27N3O3/c1-17-7-9-19(10-8-17)16-28(25(30)22-15-27-12-11-18(22)2)23(14-24(26)29)20-5-4-6-21(13-20)31-3/h4-13,15,23H,14,16H2,1-3H3,(H2,26,29). The predicted octanol–water partition coefficient (Wildman–Crippen LogP) is 3.97. The van der Waals surface area contributed by atoms with Gasteiger partial charge in [-0.05, 0) is 48.7 Å².